The van der Waals surface area contributed by atoms with Gasteiger partial charge >= 0.3 is 0 Å². The molecule has 0 unspecified atom stereocenters. The Morgan fingerprint density at radius 2 is 1.42 bits per heavy atom. The Balaban J connectivity index is 2.30. The summed E-state index contributed by atoms with van der Waals surface area (Å²) in [7, 11) is -0.564. The third-order valence-corrected chi connectivity index (χ3v) is 6.20. The van der Waals surface area contributed by atoms with Gasteiger partial charge in [0, 0.05) is 0 Å². The van der Waals surface area contributed by atoms with Gasteiger partial charge < -0.3 is 14.8 Å². The number of carbonyl (C=O) groups excluding carboxylic acids is 1. The first-order valence-electron chi connectivity index (χ1n) is 10.1. The molecule has 0 aliphatic heterocycles. The molecule has 8 heteroatoms. The molecule has 0 aliphatic carbocycles. The van der Waals surface area contributed by atoms with Gasteiger partial charge in [0.25, 0.3) is 0 Å². The SMILES string of the molecule is COc1ccc([C@H](CC(C)C)NC(=O)[C@@H](C)N(c2ccc(OC)cc2)S(C)(=O)=O)cc1. The van der Waals surface area contributed by atoms with Crippen molar-refractivity contribution in [3.8, 4) is 11.5 Å². The zero-order chi connectivity index (χ0) is 23.2. The third-order valence-electron chi connectivity index (χ3n) is 4.96. The van der Waals surface area contributed by atoms with E-state index in [1.165, 1.54) is 7.11 Å². The van der Waals surface area contributed by atoms with Crippen molar-refractivity contribution in [3.05, 3.63) is 54.1 Å². The van der Waals surface area contributed by atoms with E-state index in [-0.39, 0.29) is 11.9 Å². The van der Waals surface area contributed by atoms with Gasteiger partial charge in [-0.3, -0.25) is 9.10 Å². The largest absolute Gasteiger partial charge is 0.497 e. The van der Waals surface area contributed by atoms with Gasteiger partial charge in [0.2, 0.25) is 15.9 Å². The number of rotatable bonds is 10. The standard InChI is InChI=1S/C23H32N2O5S/c1-16(2)15-22(18-7-11-20(29-4)12-8-18)24-23(26)17(3)25(31(6,27)28)19-9-13-21(30-5)14-10-19/h7-14,16-17,22H,15H2,1-6H3,(H,24,26)/t17-,22+/m1/s1. The van der Waals surface area contributed by atoms with Gasteiger partial charge in [-0.1, -0.05) is 26.0 Å². The predicted octanol–water partition coefficient (Wildman–Crippen LogP) is 3.76. The van der Waals surface area contributed by atoms with E-state index in [4.69, 9.17) is 9.47 Å². The number of sulfonamides is 1. The molecular formula is C23H32N2O5S. The van der Waals surface area contributed by atoms with Crippen LogP contribution in [-0.2, 0) is 14.8 Å². The lowest BCUT2D eigenvalue weighted by Gasteiger charge is -2.30. The summed E-state index contributed by atoms with van der Waals surface area (Å²) >= 11 is 0. The zero-order valence-electron chi connectivity index (χ0n) is 19.0. The lowest BCUT2D eigenvalue weighted by molar-refractivity contribution is -0.122. The molecule has 2 aromatic carbocycles. The smallest absolute Gasteiger partial charge is 0.244 e. The average Bonchev–Trinajstić information content (AvgIpc) is 2.72. The van der Waals surface area contributed by atoms with Gasteiger partial charge in [0.15, 0.2) is 0 Å². The molecule has 0 radical (unpaired) electrons. The van der Waals surface area contributed by atoms with Crippen LogP contribution in [0, 0.1) is 5.92 Å². The molecule has 0 aromatic heterocycles. The molecule has 0 saturated heterocycles. The Bertz CT molecular complexity index is 956. The Kier molecular flexibility index (Phi) is 8.33. The van der Waals surface area contributed by atoms with E-state index >= 15 is 0 Å². The summed E-state index contributed by atoms with van der Waals surface area (Å²) in [4.78, 5) is 13.1. The summed E-state index contributed by atoms with van der Waals surface area (Å²) in [6.45, 7) is 5.74. The highest BCUT2D eigenvalue weighted by Gasteiger charge is 2.30. The van der Waals surface area contributed by atoms with Crippen LogP contribution in [0.25, 0.3) is 0 Å². The second-order valence-electron chi connectivity index (χ2n) is 7.90. The van der Waals surface area contributed by atoms with Crippen LogP contribution in [0.5, 0.6) is 11.5 Å². The fraction of sp³-hybridized carbons (Fsp3) is 0.435. The van der Waals surface area contributed by atoms with Crippen LogP contribution in [0.4, 0.5) is 5.69 Å². The van der Waals surface area contributed by atoms with Gasteiger partial charge in [-0.2, -0.15) is 0 Å². The van der Waals surface area contributed by atoms with Gasteiger partial charge in [-0.25, -0.2) is 8.42 Å². The van der Waals surface area contributed by atoms with Gasteiger partial charge in [0.05, 0.1) is 32.2 Å². The number of carbonyl (C=O) groups is 1. The van der Waals surface area contributed by atoms with Crippen molar-refractivity contribution in [2.75, 3.05) is 24.8 Å². The van der Waals surface area contributed by atoms with E-state index in [2.05, 4.69) is 19.2 Å². The minimum Gasteiger partial charge on any atom is -0.497 e. The number of benzene rings is 2. The molecular weight excluding hydrogens is 416 g/mol. The Morgan fingerprint density at radius 3 is 1.84 bits per heavy atom. The molecule has 170 valence electrons. The van der Waals surface area contributed by atoms with Gasteiger partial charge in [-0.15, -0.1) is 0 Å². The van der Waals surface area contributed by atoms with Crippen LogP contribution >= 0.6 is 0 Å². The maximum atomic E-state index is 13.1. The Hall–Kier alpha value is -2.74. The van der Waals surface area contributed by atoms with Gasteiger partial charge in [0.1, 0.15) is 17.5 Å². The molecule has 2 aromatic rings. The summed E-state index contributed by atoms with van der Waals surface area (Å²) in [5.41, 5.74) is 1.33. The molecule has 2 rings (SSSR count). The second-order valence-corrected chi connectivity index (χ2v) is 9.76. The first-order valence-corrected chi connectivity index (χ1v) is 12.0. The Labute approximate surface area is 185 Å². The molecule has 1 amide bonds. The summed E-state index contributed by atoms with van der Waals surface area (Å²) in [5.74, 6) is 1.29. The number of anilines is 1. The van der Waals surface area contributed by atoms with Crippen LogP contribution in [0.1, 0.15) is 38.8 Å². The van der Waals surface area contributed by atoms with E-state index in [1.54, 1.807) is 38.3 Å². The maximum Gasteiger partial charge on any atom is 0.244 e. The monoisotopic (exact) mass is 448 g/mol. The fourth-order valence-corrected chi connectivity index (χ4v) is 4.59. The summed E-state index contributed by atoms with van der Waals surface area (Å²) in [5, 5.41) is 3.04. The van der Waals surface area contributed by atoms with Crippen molar-refractivity contribution >= 4 is 21.6 Å². The van der Waals surface area contributed by atoms with E-state index in [0.717, 1.165) is 21.9 Å². The summed E-state index contributed by atoms with van der Waals surface area (Å²) in [6.07, 6.45) is 1.81. The molecule has 31 heavy (non-hydrogen) atoms. The number of hydrogen-bond acceptors (Lipinski definition) is 5. The first-order chi connectivity index (χ1) is 14.6. The second kappa shape index (κ2) is 10.5. The number of nitrogens with one attached hydrogen (secondary N) is 1. The van der Waals surface area contributed by atoms with Crippen molar-refractivity contribution in [1.29, 1.82) is 0 Å². The van der Waals surface area contributed by atoms with E-state index in [1.807, 2.05) is 24.3 Å². The van der Waals surface area contributed by atoms with E-state index in [0.29, 0.717) is 23.8 Å². The molecule has 0 bridgehead atoms. The number of amides is 1. The lowest BCUT2D eigenvalue weighted by Crippen LogP contribution is -2.48. The highest BCUT2D eigenvalue weighted by Crippen LogP contribution is 2.26. The van der Waals surface area contributed by atoms with Crippen LogP contribution in [0.15, 0.2) is 48.5 Å². The van der Waals surface area contributed by atoms with Crippen molar-refractivity contribution in [2.45, 2.75) is 39.3 Å². The van der Waals surface area contributed by atoms with E-state index < -0.39 is 16.1 Å². The minimum atomic E-state index is -3.70. The van der Waals surface area contributed by atoms with Crippen molar-refractivity contribution in [2.24, 2.45) is 5.92 Å². The molecule has 0 fully saturated rings. The number of ether oxygens (including phenoxy) is 2. The predicted molar refractivity (Wildman–Crippen MR) is 123 cm³/mol. The topological polar surface area (TPSA) is 84.9 Å². The molecule has 0 saturated carbocycles. The average molecular weight is 449 g/mol. The summed E-state index contributed by atoms with van der Waals surface area (Å²) < 4.78 is 36.6. The summed E-state index contributed by atoms with van der Waals surface area (Å²) in [6, 6.07) is 12.9. The highest BCUT2D eigenvalue weighted by molar-refractivity contribution is 7.92. The number of hydrogen-bond donors (Lipinski definition) is 1. The zero-order valence-corrected chi connectivity index (χ0v) is 19.8. The lowest BCUT2D eigenvalue weighted by atomic mass is 9.96. The van der Waals surface area contributed by atoms with Crippen molar-refractivity contribution < 1.29 is 22.7 Å². The fourth-order valence-electron chi connectivity index (χ4n) is 3.42. The first kappa shape index (κ1) is 24.5. The molecule has 0 spiro atoms. The number of nitrogens with zero attached hydrogens (tertiary/aromatic N) is 1. The van der Waals surface area contributed by atoms with Crippen LogP contribution < -0.4 is 19.1 Å². The van der Waals surface area contributed by atoms with Crippen molar-refractivity contribution in [3.63, 3.8) is 0 Å². The van der Waals surface area contributed by atoms with Gasteiger partial charge in [-0.05, 0) is 61.2 Å². The van der Waals surface area contributed by atoms with Crippen LogP contribution in [0.2, 0.25) is 0 Å². The highest BCUT2D eigenvalue weighted by atomic mass is 32.2. The third kappa shape index (κ3) is 6.62. The molecule has 2 atom stereocenters. The van der Waals surface area contributed by atoms with E-state index in [9.17, 15) is 13.2 Å². The normalized spacial score (nSPS) is 13.4. The van der Waals surface area contributed by atoms with Crippen molar-refractivity contribution in [1.82, 2.24) is 5.32 Å². The minimum absolute atomic E-state index is 0.252. The van der Waals surface area contributed by atoms with Crippen LogP contribution in [0.3, 0.4) is 0 Å². The quantitative estimate of drug-likeness (QED) is 0.598. The van der Waals surface area contributed by atoms with Crippen LogP contribution in [-0.4, -0.2) is 40.8 Å². The molecule has 0 heterocycles. The Morgan fingerprint density at radius 1 is 0.935 bits per heavy atom. The maximum absolute atomic E-state index is 13.1. The molecule has 1 N–H and O–H groups in total. The molecule has 7 nitrogen and oxygen atoms in total. The number of methoxy groups -OCH3 is 2. The molecule has 0 aliphatic rings.